The topological polar surface area (TPSA) is 69.4 Å². The van der Waals surface area contributed by atoms with Gasteiger partial charge in [0, 0.05) is 37.6 Å². The normalized spacial score (nSPS) is 19.1. The number of thiophene rings is 1. The van der Waals surface area contributed by atoms with Crippen LogP contribution in [0.1, 0.15) is 33.5 Å². The van der Waals surface area contributed by atoms with Crippen LogP contribution in [0.2, 0.25) is 5.02 Å². The molecule has 7 nitrogen and oxygen atoms in total. The number of carbonyl (C=O) groups is 2. The summed E-state index contributed by atoms with van der Waals surface area (Å²) in [4.78, 5) is 30.5. The number of nitrogens with zero attached hydrogens (tertiary/aromatic N) is 4. The predicted molar refractivity (Wildman–Crippen MR) is 128 cm³/mol. The number of hydrazone groups is 1. The molecule has 33 heavy (non-hydrogen) atoms. The molecule has 0 unspecified atom stereocenters. The maximum atomic E-state index is 13.3. The van der Waals surface area contributed by atoms with Crippen LogP contribution in [0.5, 0.6) is 0 Å². The fourth-order valence-electron chi connectivity index (χ4n) is 4.19. The minimum atomic E-state index is -0.278. The fraction of sp³-hybridized carbons (Fsp3) is 0.292. The van der Waals surface area contributed by atoms with Gasteiger partial charge >= 0.3 is 0 Å². The molecule has 1 fully saturated rings. The number of furan rings is 1. The van der Waals surface area contributed by atoms with Gasteiger partial charge in [-0.25, -0.2) is 5.01 Å². The molecule has 0 saturated carbocycles. The summed E-state index contributed by atoms with van der Waals surface area (Å²) in [5.41, 5.74) is 1.76. The number of hydrogen-bond acceptors (Lipinski definition) is 6. The second-order valence-corrected chi connectivity index (χ2v) is 9.46. The van der Waals surface area contributed by atoms with Crippen LogP contribution in [-0.4, -0.2) is 65.1 Å². The minimum absolute atomic E-state index is 0.0607. The third-order valence-corrected chi connectivity index (χ3v) is 7.08. The van der Waals surface area contributed by atoms with Crippen LogP contribution in [0, 0.1) is 0 Å². The van der Waals surface area contributed by atoms with Gasteiger partial charge in [-0.2, -0.15) is 5.10 Å². The Labute approximate surface area is 200 Å². The van der Waals surface area contributed by atoms with E-state index in [0.29, 0.717) is 43.4 Å². The Balaban J connectivity index is 1.26. The van der Waals surface area contributed by atoms with E-state index >= 15 is 0 Å². The Kier molecular flexibility index (Phi) is 6.30. The van der Waals surface area contributed by atoms with Crippen molar-refractivity contribution in [1.29, 1.82) is 0 Å². The molecule has 2 amide bonds. The van der Waals surface area contributed by atoms with Crippen molar-refractivity contribution < 1.29 is 14.0 Å². The molecule has 4 heterocycles. The summed E-state index contributed by atoms with van der Waals surface area (Å²) >= 11 is 7.48. The molecule has 1 aromatic carbocycles. The van der Waals surface area contributed by atoms with E-state index in [2.05, 4.69) is 10.0 Å². The number of rotatable bonds is 5. The van der Waals surface area contributed by atoms with Gasteiger partial charge in [-0.3, -0.25) is 14.5 Å². The second kappa shape index (κ2) is 9.51. The van der Waals surface area contributed by atoms with Crippen LogP contribution in [0.3, 0.4) is 0 Å². The number of hydrogen-bond donors (Lipinski definition) is 0. The molecule has 0 aliphatic carbocycles. The van der Waals surface area contributed by atoms with E-state index in [4.69, 9.17) is 16.0 Å². The Bertz CT molecular complexity index is 1140. The van der Waals surface area contributed by atoms with Crippen molar-refractivity contribution in [1.82, 2.24) is 14.8 Å². The lowest BCUT2D eigenvalue weighted by molar-refractivity contribution is -0.134. The Morgan fingerprint density at radius 2 is 1.85 bits per heavy atom. The smallest absolute Gasteiger partial charge is 0.264 e. The number of amides is 2. The van der Waals surface area contributed by atoms with Crippen molar-refractivity contribution in [3.63, 3.8) is 0 Å². The highest BCUT2D eigenvalue weighted by molar-refractivity contribution is 7.12. The maximum absolute atomic E-state index is 13.3. The number of benzene rings is 1. The van der Waals surface area contributed by atoms with E-state index in [1.807, 2.05) is 58.8 Å². The molecular weight excluding hydrogens is 460 g/mol. The van der Waals surface area contributed by atoms with Crippen LogP contribution >= 0.6 is 22.9 Å². The largest absolute Gasteiger partial charge is 0.467 e. The van der Waals surface area contributed by atoms with E-state index in [9.17, 15) is 9.59 Å². The molecule has 9 heteroatoms. The zero-order valence-corrected chi connectivity index (χ0v) is 19.5. The fourth-order valence-corrected chi connectivity index (χ4v) is 5.01. The second-order valence-electron chi connectivity index (χ2n) is 8.07. The first-order valence-electron chi connectivity index (χ1n) is 10.8. The monoisotopic (exact) mass is 482 g/mol. The molecule has 170 valence electrons. The van der Waals surface area contributed by atoms with Gasteiger partial charge in [0.15, 0.2) is 0 Å². The summed E-state index contributed by atoms with van der Waals surface area (Å²) in [5, 5.41) is 8.79. The average Bonchev–Trinajstić information content (AvgIpc) is 3.61. The molecule has 0 N–H and O–H groups in total. The molecule has 0 radical (unpaired) electrons. The van der Waals surface area contributed by atoms with Crippen molar-refractivity contribution in [2.45, 2.75) is 12.5 Å². The van der Waals surface area contributed by atoms with Gasteiger partial charge < -0.3 is 9.32 Å². The van der Waals surface area contributed by atoms with Gasteiger partial charge in [0.25, 0.3) is 11.8 Å². The Hall–Kier alpha value is -2.94. The van der Waals surface area contributed by atoms with Crippen molar-refractivity contribution in [2.24, 2.45) is 5.10 Å². The zero-order chi connectivity index (χ0) is 22.8. The first kappa shape index (κ1) is 21.9. The van der Waals surface area contributed by atoms with Crippen molar-refractivity contribution in [3.8, 4) is 0 Å². The average molecular weight is 483 g/mol. The summed E-state index contributed by atoms with van der Waals surface area (Å²) in [6, 6.07) is 14.6. The molecule has 2 aromatic heterocycles. The van der Waals surface area contributed by atoms with Crippen LogP contribution in [0.25, 0.3) is 0 Å². The van der Waals surface area contributed by atoms with E-state index < -0.39 is 0 Å². The number of carbonyl (C=O) groups excluding carboxylic acids is 2. The molecule has 2 aliphatic rings. The van der Waals surface area contributed by atoms with Gasteiger partial charge in [-0.05, 0) is 41.3 Å². The zero-order valence-electron chi connectivity index (χ0n) is 17.9. The summed E-state index contributed by atoms with van der Waals surface area (Å²) in [5.74, 6) is 0.687. The highest BCUT2D eigenvalue weighted by Crippen LogP contribution is 2.33. The summed E-state index contributed by atoms with van der Waals surface area (Å²) in [6.07, 6.45) is 2.19. The van der Waals surface area contributed by atoms with Crippen molar-refractivity contribution in [2.75, 3.05) is 32.7 Å². The van der Waals surface area contributed by atoms with E-state index in [1.165, 1.54) is 11.3 Å². The predicted octanol–water partition coefficient (Wildman–Crippen LogP) is 4.13. The maximum Gasteiger partial charge on any atom is 0.264 e. The van der Waals surface area contributed by atoms with Gasteiger partial charge in [0.05, 0.1) is 23.4 Å². The van der Waals surface area contributed by atoms with Gasteiger partial charge in [-0.1, -0.05) is 29.8 Å². The Morgan fingerprint density at radius 1 is 1.06 bits per heavy atom. The van der Waals surface area contributed by atoms with Crippen LogP contribution < -0.4 is 0 Å². The number of piperazine rings is 1. The molecule has 1 atom stereocenters. The lowest BCUT2D eigenvalue weighted by Gasteiger charge is -2.34. The van der Waals surface area contributed by atoms with Crippen LogP contribution in [0.15, 0.2) is 69.7 Å². The SMILES string of the molecule is O=C(c1cccs1)N1CCN(CC(=O)N2N=C(c3ccc(Cl)cc3)C[C@H]2c2ccco2)CC1. The lowest BCUT2D eigenvalue weighted by Crippen LogP contribution is -2.51. The van der Waals surface area contributed by atoms with Crippen molar-refractivity contribution >= 4 is 40.5 Å². The molecule has 0 spiro atoms. The molecule has 0 bridgehead atoms. The van der Waals surface area contributed by atoms with E-state index in [1.54, 1.807) is 11.3 Å². The quantitative estimate of drug-likeness (QED) is 0.548. The van der Waals surface area contributed by atoms with Gasteiger partial charge in [-0.15, -0.1) is 11.3 Å². The van der Waals surface area contributed by atoms with E-state index in [-0.39, 0.29) is 24.4 Å². The minimum Gasteiger partial charge on any atom is -0.467 e. The highest BCUT2D eigenvalue weighted by Gasteiger charge is 2.36. The molecular formula is C24H23ClN4O3S. The summed E-state index contributed by atoms with van der Waals surface area (Å²) < 4.78 is 5.62. The Morgan fingerprint density at radius 3 is 2.52 bits per heavy atom. The first-order chi connectivity index (χ1) is 16.1. The molecule has 1 saturated heterocycles. The molecule has 2 aliphatic heterocycles. The lowest BCUT2D eigenvalue weighted by atomic mass is 10.0. The first-order valence-corrected chi connectivity index (χ1v) is 12.1. The van der Waals surface area contributed by atoms with Crippen LogP contribution in [-0.2, 0) is 4.79 Å². The summed E-state index contributed by atoms with van der Waals surface area (Å²) in [7, 11) is 0. The third kappa shape index (κ3) is 4.73. The third-order valence-electron chi connectivity index (χ3n) is 5.97. The van der Waals surface area contributed by atoms with Crippen LogP contribution in [0.4, 0.5) is 0 Å². The van der Waals surface area contributed by atoms with E-state index in [0.717, 1.165) is 16.2 Å². The van der Waals surface area contributed by atoms with Crippen molar-refractivity contribution in [3.05, 3.63) is 81.4 Å². The van der Waals surface area contributed by atoms with Gasteiger partial charge in [0.1, 0.15) is 11.8 Å². The standard InChI is InChI=1S/C24H23ClN4O3S/c25-18-7-5-17(6-8-18)19-15-20(21-3-1-13-32-21)29(26-19)23(30)16-27-9-11-28(12-10-27)24(31)22-4-2-14-33-22/h1-8,13-14,20H,9-12,15-16H2/t20-/m0/s1. The molecule has 5 rings (SSSR count). The number of halogens is 1. The molecule has 3 aromatic rings. The van der Waals surface area contributed by atoms with Gasteiger partial charge in [0.2, 0.25) is 0 Å². The highest BCUT2D eigenvalue weighted by atomic mass is 35.5. The summed E-state index contributed by atoms with van der Waals surface area (Å²) in [6.45, 7) is 2.75.